The van der Waals surface area contributed by atoms with Crippen LogP contribution in [0.1, 0.15) is 20.7 Å². The minimum Gasteiger partial charge on any atom is -0.477 e. The number of benzene rings is 3. The lowest BCUT2D eigenvalue weighted by Crippen LogP contribution is -2.17. The summed E-state index contributed by atoms with van der Waals surface area (Å²) < 4.78 is 40.8. The summed E-state index contributed by atoms with van der Waals surface area (Å²) in [5.41, 5.74) is 0.792. The van der Waals surface area contributed by atoms with E-state index in [1.54, 1.807) is 54.1 Å². The average Bonchev–Trinajstić information content (AvgIpc) is 3.26. The fraction of sp³-hybridized carbons (Fsp3) is 0.0385. The average molecular weight is 507 g/mol. The molecule has 5 rings (SSSR count). The number of aldehydes is 1. The maximum Gasteiger partial charge on any atom is 0.341 e. The van der Waals surface area contributed by atoms with Gasteiger partial charge in [-0.2, -0.15) is 0 Å². The number of carboxylic acid groups (broad SMARTS) is 1. The van der Waals surface area contributed by atoms with Gasteiger partial charge in [0.2, 0.25) is 5.43 Å². The zero-order valence-electron chi connectivity index (χ0n) is 18.8. The number of aromatic nitrogens is 2. The van der Waals surface area contributed by atoms with Crippen molar-refractivity contribution in [2.24, 2.45) is 7.05 Å². The molecule has 5 aromatic rings. The minimum atomic E-state index is -3.88. The summed E-state index contributed by atoms with van der Waals surface area (Å²) in [7, 11) is -2.16. The monoisotopic (exact) mass is 506 g/mol. The molecule has 0 atom stereocenters. The molecule has 0 saturated carbocycles. The van der Waals surface area contributed by atoms with Gasteiger partial charge in [-0.3, -0.25) is 9.59 Å². The van der Waals surface area contributed by atoms with Crippen LogP contribution in [0.15, 0.2) is 94.9 Å². The lowest BCUT2D eigenvalue weighted by Gasteiger charge is -2.07. The van der Waals surface area contributed by atoms with E-state index in [1.165, 1.54) is 24.5 Å². The second kappa shape index (κ2) is 9.59. The predicted octanol–water partition coefficient (Wildman–Crippen LogP) is 4.07. The van der Waals surface area contributed by atoms with Gasteiger partial charge in [0.25, 0.3) is 10.0 Å². The van der Waals surface area contributed by atoms with E-state index in [0.29, 0.717) is 22.6 Å². The van der Waals surface area contributed by atoms with E-state index in [4.69, 9.17) is 5.11 Å². The normalized spacial score (nSPS) is 11.2. The Morgan fingerprint density at radius 3 is 2.08 bits per heavy atom. The summed E-state index contributed by atoms with van der Waals surface area (Å²) in [6, 6.07) is 18.2. The summed E-state index contributed by atoms with van der Waals surface area (Å²) in [6.07, 6.45) is 3.22. The molecule has 36 heavy (non-hydrogen) atoms. The van der Waals surface area contributed by atoms with Crippen LogP contribution in [0.5, 0.6) is 0 Å². The van der Waals surface area contributed by atoms with Gasteiger partial charge in [-0.15, -0.1) is 0 Å². The number of halogens is 1. The molecule has 0 fully saturated rings. The van der Waals surface area contributed by atoms with E-state index in [1.807, 2.05) is 6.07 Å². The Labute approximate surface area is 204 Å². The van der Waals surface area contributed by atoms with Crippen LogP contribution in [0, 0.1) is 5.82 Å². The van der Waals surface area contributed by atoms with Crippen molar-refractivity contribution in [2.75, 3.05) is 0 Å². The highest BCUT2D eigenvalue weighted by Gasteiger charge is 2.21. The lowest BCUT2D eigenvalue weighted by atomic mass is 10.1. The minimum absolute atomic E-state index is 0.0397. The first-order chi connectivity index (χ1) is 17.1. The first kappa shape index (κ1) is 24.6. The highest BCUT2D eigenvalue weighted by Crippen LogP contribution is 2.25. The van der Waals surface area contributed by atoms with Crippen LogP contribution in [0.2, 0.25) is 0 Å². The Morgan fingerprint density at radius 2 is 1.47 bits per heavy atom. The van der Waals surface area contributed by atoms with Gasteiger partial charge < -0.3 is 9.67 Å². The van der Waals surface area contributed by atoms with Crippen molar-refractivity contribution in [3.05, 3.63) is 112 Å². The Bertz CT molecular complexity index is 1790. The maximum atomic E-state index is 12.9. The quantitative estimate of drug-likeness (QED) is 0.368. The van der Waals surface area contributed by atoms with Gasteiger partial charge in [0.1, 0.15) is 11.4 Å². The molecule has 8 nitrogen and oxygen atoms in total. The summed E-state index contributed by atoms with van der Waals surface area (Å²) >= 11 is 0. The number of pyridine rings is 1. The van der Waals surface area contributed by atoms with Gasteiger partial charge in [0, 0.05) is 35.8 Å². The van der Waals surface area contributed by atoms with Gasteiger partial charge >= 0.3 is 5.97 Å². The number of fused-ring (bicyclic) bond motifs is 2. The topological polar surface area (TPSA) is 115 Å². The molecule has 0 aliphatic carbocycles. The highest BCUT2D eigenvalue weighted by molar-refractivity contribution is 7.90. The van der Waals surface area contributed by atoms with Gasteiger partial charge in [0.15, 0.2) is 6.29 Å². The lowest BCUT2D eigenvalue weighted by molar-refractivity contribution is 0.0694. The van der Waals surface area contributed by atoms with Gasteiger partial charge in [-0.05, 0) is 42.5 Å². The molecule has 0 aliphatic heterocycles. The Morgan fingerprint density at radius 1 is 0.889 bits per heavy atom. The molecule has 0 unspecified atom stereocenters. The van der Waals surface area contributed by atoms with E-state index in [2.05, 4.69) is 0 Å². The Balaban J connectivity index is 0.000000179. The zero-order valence-corrected chi connectivity index (χ0v) is 19.6. The molecular formula is C26H19FN2O6S. The second-order valence-electron chi connectivity index (χ2n) is 7.78. The third kappa shape index (κ3) is 4.41. The van der Waals surface area contributed by atoms with Crippen molar-refractivity contribution in [2.45, 2.75) is 4.90 Å². The number of hydrogen-bond acceptors (Lipinski definition) is 5. The van der Waals surface area contributed by atoms with Crippen molar-refractivity contribution in [1.29, 1.82) is 0 Å². The third-order valence-corrected chi connectivity index (χ3v) is 7.22. The van der Waals surface area contributed by atoms with Gasteiger partial charge in [-0.25, -0.2) is 21.6 Å². The maximum absolute atomic E-state index is 12.9. The first-order valence-electron chi connectivity index (χ1n) is 10.5. The van der Waals surface area contributed by atoms with Crippen LogP contribution < -0.4 is 5.43 Å². The number of hydrogen-bond donors (Lipinski definition) is 1. The molecule has 0 radical (unpaired) electrons. The Hall–Kier alpha value is -4.57. The highest BCUT2D eigenvalue weighted by atomic mass is 32.2. The van der Waals surface area contributed by atoms with E-state index >= 15 is 0 Å². The summed E-state index contributed by atoms with van der Waals surface area (Å²) in [5, 5.41) is 9.82. The zero-order chi connectivity index (χ0) is 26.0. The van der Waals surface area contributed by atoms with E-state index in [-0.39, 0.29) is 16.0 Å². The molecule has 1 N–H and O–H groups in total. The van der Waals surface area contributed by atoms with Crippen molar-refractivity contribution in [3.63, 3.8) is 0 Å². The number of rotatable bonds is 4. The molecule has 3 aromatic carbocycles. The summed E-state index contributed by atoms with van der Waals surface area (Å²) in [5.74, 6) is -1.71. The third-order valence-electron chi connectivity index (χ3n) is 5.53. The largest absolute Gasteiger partial charge is 0.477 e. The number of aryl methyl sites for hydroxylation is 1. The molecule has 0 bridgehead atoms. The molecule has 0 saturated heterocycles. The molecule has 0 spiro atoms. The van der Waals surface area contributed by atoms with Crippen LogP contribution >= 0.6 is 0 Å². The van der Waals surface area contributed by atoms with Crippen molar-refractivity contribution in [1.82, 2.24) is 8.54 Å². The predicted molar refractivity (Wildman–Crippen MR) is 132 cm³/mol. The fourth-order valence-corrected chi connectivity index (χ4v) is 5.16. The number of para-hydroxylation sites is 2. The molecule has 2 heterocycles. The van der Waals surface area contributed by atoms with Crippen LogP contribution in [0.3, 0.4) is 0 Å². The van der Waals surface area contributed by atoms with Crippen molar-refractivity contribution >= 4 is 44.1 Å². The molecule has 10 heteroatoms. The molecular weight excluding hydrogens is 487 g/mol. The SMILES string of the molecule is Cn1cc(C(=O)O)c(=O)c2ccccc21.O=Cc1cn(S(=O)(=O)c2ccc(F)cc2)c2ccccc12. The summed E-state index contributed by atoms with van der Waals surface area (Å²) in [4.78, 5) is 33.6. The van der Waals surface area contributed by atoms with Gasteiger partial charge in [-0.1, -0.05) is 30.3 Å². The molecule has 182 valence electrons. The summed E-state index contributed by atoms with van der Waals surface area (Å²) in [6.45, 7) is 0. The Kier molecular flexibility index (Phi) is 6.54. The number of carbonyl (C=O) groups is 2. The van der Waals surface area contributed by atoms with Gasteiger partial charge in [0.05, 0.1) is 15.9 Å². The second-order valence-corrected chi connectivity index (χ2v) is 9.59. The van der Waals surface area contributed by atoms with Crippen LogP contribution in [-0.4, -0.2) is 34.3 Å². The van der Waals surface area contributed by atoms with E-state index < -0.39 is 27.2 Å². The van der Waals surface area contributed by atoms with Crippen LogP contribution in [0.25, 0.3) is 21.8 Å². The van der Waals surface area contributed by atoms with Crippen molar-refractivity contribution < 1.29 is 27.5 Å². The number of carboxylic acids is 1. The van der Waals surface area contributed by atoms with E-state index in [9.17, 15) is 27.2 Å². The smallest absolute Gasteiger partial charge is 0.341 e. The standard InChI is InChI=1S/C15H10FNO3S.C11H9NO3/c16-12-5-7-13(8-6-12)21(19,20)17-9-11(10-18)14-3-1-2-4-15(14)17;1-12-6-8(11(14)15)10(13)7-4-2-3-5-9(7)12/h1-10H;2-6H,1H3,(H,14,15). The molecule has 2 aromatic heterocycles. The molecule has 0 amide bonds. The fourth-order valence-electron chi connectivity index (χ4n) is 3.78. The number of carbonyl (C=O) groups excluding carboxylic acids is 1. The number of aromatic carboxylic acids is 1. The van der Waals surface area contributed by atoms with Crippen LogP contribution in [0.4, 0.5) is 4.39 Å². The molecule has 0 aliphatic rings. The van der Waals surface area contributed by atoms with Crippen molar-refractivity contribution in [3.8, 4) is 0 Å². The van der Waals surface area contributed by atoms with E-state index in [0.717, 1.165) is 21.6 Å². The first-order valence-corrected chi connectivity index (χ1v) is 12.0. The van der Waals surface area contributed by atoms with Crippen LogP contribution in [-0.2, 0) is 17.1 Å². The number of nitrogens with zero attached hydrogens (tertiary/aromatic N) is 2.